The zero-order chi connectivity index (χ0) is 15.3. The second kappa shape index (κ2) is 6.41. The van der Waals surface area contributed by atoms with Crippen LogP contribution in [0, 0.1) is 12.3 Å². The van der Waals surface area contributed by atoms with Crippen molar-refractivity contribution < 1.29 is 14.7 Å². The van der Waals surface area contributed by atoms with Crippen molar-refractivity contribution in [1.29, 1.82) is 0 Å². The van der Waals surface area contributed by atoms with Crippen LogP contribution in [-0.2, 0) is 4.79 Å². The van der Waals surface area contributed by atoms with E-state index >= 15 is 0 Å². The lowest BCUT2D eigenvalue weighted by atomic mass is 9.85. The van der Waals surface area contributed by atoms with E-state index in [2.05, 4.69) is 10.6 Å². The van der Waals surface area contributed by atoms with E-state index in [1.807, 2.05) is 45.9 Å². The van der Waals surface area contributed by atoms with E-state index in [1.54, 1.807) is 6.07 Å². The number of rotatable bonds is 4. The van der Waals surface area contributed by atoms with E-state index in [0.29, 0.717) is 5.69 Å². The van der Waals surface area contributed by atoms with E-state index in [1.165, 1.54) is 0 Å². The third-order valence-corrected chi connectivity index (χ3v) is 3.01. The molecule has 1 atom stereocenters. The molecular formula is C15H22N2O3. The van der Waals surface area contributed by atoms with Gasteiger partial charge in [-0.25, -0.2) is 4.79 Å². The van der Waals surface area contributed by atoms with Gasteiger partial charge in [-0.3, -0.25) is 4.79 Å². The monoisotopic (exact) mass is 278 g/mol. The van der Waals surface area contributed by atoms with Gasteiger partial charge in [0.05, 0.1) is 6.42 Å². The number of aryl methyl sites for hydroxylation is 1. The fourth-order valence-electron chi connectivity index (χ4n) is 1.80. The fraction of sp³-hybridized carbons (Fsp3) is 0.467. The maximum absolute atomic E-state index is 11.9. The molecule has 0 saturated heterocycles. The third kappa shape index (κ3) is 5.30. The van der Waals surface area contributed by atoms with Gasteiger partial charge in [0.25, 0.3) is 0 Å². The topological polar surface area (TPSA) is 78.4 Å². The summed E-state index contributed by atoms with van der Waals surface area (Å²) in [6.07, 6.45) is -0.106. The van der Waals surface area contributed by atoms with E-state index in [0.717, 1.165) is 5.56 Å². The molecule has 0 fully saturated rings. The van der Waals surface area contributed by atoms with Crippen LogP contribution in [-0.4, -0.2) is 23.1 Å². The lowest BCUT2D eigenvalue weighted by Crippen LogP contribution is -2.46. The molecule has 2 amide bonds. The molecule has 0 aliphatic carbocycles. The first-order chi connectivity index (χ1) is 9.18. The zero-order valence-corrected chi connectivity index (χ0v) is 12.4. The molecule has 5 nitrogen and oxygen atoms in total. The van der Waals surface area contributed by atoms with Crippen molar-refractivity contribution in [3.63, 3.8) is 0 Å². The Hall–Kier alpha value is -2.04. The molecule has 0 spiro atoms. The number of carbonyl (C=O) groups is 2. The molecule has 1 aromatic carbocycles. The number of amides is 2. The first-order valence-corrected chi connectivity index (χ1v) is 6.54. The van der Waals surface area contributed by atoms with Gasteiger partial charge >= 0.3 is 12.0 Å². The summed E-state index contributed by atoms with van der Waals surface area (Å²) in [5, 5.41) is 14.4. The summed E-state index contributed by atoms with van der Waals surface area (Å²) in [5.74, 6) is -0.930. The van der Waals surface area contributed by atoms with Crippen LogP contribution in [0.15, 0.2) is 24.3 Å². The van der Waals surface area contributed by atoms with Crippen molar-refractivity contribution in [2.75, 3.05) is 5.32 Å². The van der Waals surface area contributed by atoms with Gasteiger partial charge in [-0.1, -0.05) is 32.9 Å². The molecule has 20 heavy (non-hydrogen) atoms. The molecule has 0 aliphatic rings. The zero-order valence-electron chi connectivity index (χ0n) is 12.4. The van der Waals surface area contributed by atoms with Gasteiger partial charge in [0.2, 0.25) is 0 Å². The minimum Gasteiger partial charge on any atom is -0.481 e. The molecule has 0 aromatic heterocycles. The standard InChI is InChI=1S/C15H22N2O3/c1-10-6-5-7-11(8-10)16-14(20)17-12(9-13(18)19)15(2,3)4/h5-8,12H,9H2,1-4H3,(H,18,19)(H2,16,17,20). The highest BCUT2D eigenvalue weighted by atomic mass is 16.4. The van der Waals surface area contributed by atoms with Crippen LogP contribution in [0.3, 0.4) is 0 Å². The number of carboxylic acid groups (broad SMARTS) is 1. The maximum atomic E-state index is 11.9. The first-order valence-electron chi connectivity index (χ1n) is 6.54. The molecule has 0 bridgehead atoms. The predicted molar refractivity (Wildman–Crippen MR) is 78.8 cm³/mol. The predicted octanol–water partition coefficient (Wildman–Crippen LogP) is 3.01. The van der Waals surface area contributed by atoms with E-state index in [-0.39, 0.29) is 11.8 Å². The van der Waals surface area contributed by atoms with Crippen molar-refractivity contribution in [2.45, 2.75) is 40.2 Å². The number of anilines is 1. The second-order valence-corrected chi connectivity index (χ2v) is 5.98. The van der Waals surface area contributed by atoms with Gasteiger partial charge < -0.3 is 15.7 Å². The van der Waals surface area contributed by atoms with Crippen molar-refractivity contribution in [2.24, 2.45) is 5.41 Å². The van der Waals surface area contributed by atoms with Gasteiger partial charge in [-0.15, -0.1) is 0 Å². The minimum atomic E-state index is -0.930. The number of urea groups is 1. The highest BCUT2D eigenvalue weighted by molar-refractivity contribution is 5.89. The number of hydrogen-bond acceptors (Lipinski definition) is 2. The molecule has 110 valence electrons. The first kappa shape index (κ1) is 16.0. The Balaban J connectivity index is 2.69. The Morgan fingerprint density at radius 3 is 2.45 bits per heavy atom. The average Bonchev–Trinajstić information content (AvgIpc) is 2.26. The molecule has 5 heteroatoms. The van der Waals surface area contributed by atoms with Crippen LogP contribution < -0.4 is 10.6 Å². The van der Waals surface area contributed by atoms with Crippen LogP contribution in [0.2, 0.25) is 0 Å². The minimum absolute atomic E-state index is 0.106. The normalized spacial score (nSPS) is 12.6. The van der Waals surface area contributed by atoms with Crippen LogP contribution in [0.25, 0.3) is 0 Å². The summed E-state index contributed by atoms with van der Waals surface area (Å²) in [7, 11) is 0. The van der Waals surface area contributed by atoms with Crippen molar-refractivity contribution in [1.82, 2.24) is 5.32 Å². The molecule has 0 radical (unpaired) electrons. The van der Waals surface area contributed by atoms with Gasteiger partial charge in [0.15, 0.2) is 0 Å². The van der Waals surface area contributed by atoms with E-state index in [4.69, 9.17) is 5.11 Å². The lowest BCUT2D eigenvalue weighted by molar-refractivity contribution is -0.138. The molecule has 3 N–H and O–H groups in total. The number of hydrogen-bond donors (Lipinski definition) is 3. The van der Waals surface area contributed by atoms with E-state index < -0.39 is 18.0 Å². The summed E-state index contributed by atoms with van der Waals surface area (Å²) in [4.78, 5) is 22.8. The Bertz CT molecular complexity index is 492. The Labute approximate surface area is 119 Å². The average molecular weight is 278 g/mol. The lowest BCUT2D eigenvalue weighted by Gasteiger charge is -2.30. The summed E-state index contributed by atoms with van der Waals surface area (Å²) < 4.78 is 0. The van der Waals surface area contributed by atoms with Gasteiger partial charge in [0, 0.05) is 11.7 Å². The highest BCUT2D eigenvalue weighted by Crippen LogP contribution is 2.22. The SMILES string of the molecule is Cc1cccc(NC(=O)NC(CC(=O)O)C(C)(C)C)c1. The van der Waals surface area contributed by atoms with Crippen molar-refractivity contribution in [3.8, 4) is 0 Å². The summed E-state index contributed by atoms with van der Waals surface area (Å²) >= 11 is 0. The quantitative estimate of drug-likeness (QED) is 0.792. The van der Waals surface area contributed by atoms with Crippen LogP contribution in [0.1, 0.15) is 32.8 Å². The fourth-order valence-corrected chi connectivity index (χ4v) is 1.80. The van der Waals surface area contributed by atoms with Crippen LogP contribution >= 0.6 is 0 Å². The van der Waals surface area contributed by atoms with Crippen molar-refractivity contribution in [3.05, 3.63) is 29.8 Å². The number of benzene rings is 1. The van der Waals surface area contributed by atoms with Gasteiger partial charge in [-0.2, -0.15) is 0 Å². The summed E-state index contributed by atoms with van der Waals surface area (Å²) in [6.45, 7) is 7.63. The number of aliphatic carboxylic acids is 1. The molecule has 0 saturated carbocycles. The van der Waals surface area contributed by atoms with Gasteiger partial charge in [-0.05, 0) is 30.0 Å². The molecule has 1 unspecified atom stereocenters. The van der Waals surface area contributed by atoms with Crippen LogP contribution in [0.5, 0.6) is 0 Å². The second-order valence-electron chi connectivity index (χ2n) is 5.98. The van der Waals surface area contributed by atoms with Gasteiger partial charge in [0.1, 0.15) is 0 Å². The molecule has 0 heterocycles. The smallest absolute Gasteiger partial charge is 0.319 e. The highest BCUT2D eigenvalue weighted by Gasteiger charge is 2.28. The Kier molecular flexibility index (Phi) is 5.13. The van der Waals surface area contributed by atoms with Crippen molar-refractivity contribution >= 4 is 17.7 Å². The van der Waals surface area contributed by atoms with E-state index in [9.17, 15) is 9.59 Å². The Morgan fingerprint density at radius 1 is 1.30 bits per heavy atom. The summed E-state index contributed by atoms with van der Waals surface area (Å²) in [5.41, 5.74) is 1.40. The number of carbonyl (C=O) groups excluding carboxylic acids is 1. The molecule has 1 aromatic rings. The molecule has 0 aliphatic heterocycles. The number of nitrogens with one attached hydrogen (secondary N) is 2. The largest absolute Gasteiger partial charge is 0.481 e. The Morgan fingerprint density at radius 2 is 1.95 bits per heavy atom. The third-order valence-electron chi connectivity index (χ3n) is 3.01. The number of carboxylic acids is 1. The van der Waals surface area contributed by atoms with Crippen LogP contribution in [0.4, 0.5) is 10.5 Å². The maximum Gasteiger partial charge on any atom is 0.319 e. The summed E-state index contributed by atoms with van der Waals surface area (Å²) in [6, 6.07) is 6.59. The molecule has 1 rings (SSSR count). The molecular weight excluding hydrogens is 256 g/mol.